The van der Waals surface area contributed by atoms with Crippen molar-refractivity contribution in [2.24, 2.45) is 5.84 Å². The first kappa shape index (κ1) is 14.5. The van der Waals surface area contributed by atoms with Crippen LogP contribution in [0.1, 0.15) is 30.4 Å². The molecule has 1 saturated heterocycles. The molecule has 2 atom stereocenters. The quantitative estimate of drug-likeness (QED) is 0.645. The summed E-state index contributed by atoms with van der Waals surface area (Å²) < 4.78 is 24.3. The lowest BCUT2D eigenvalue weighted by molar-refractivity contribution is 0.440. The van der Waals surface area contributed by atoms with Crippen molar-refractivity contribution in [1.82, 2.24) is 5.43 Å². The predicted octanol–water partition coefficient (Wildman–Crippen LogP) is 1.34. The van der Waals surface area contributed by atoms with E-state index in [0.29, 0.717) is 18.6 Å². The Morgan fingerprint density at radius 3 is 2.84 bits per heavy atom. The molecule has 3 N–H and O–H groups in total. The zero-order chi connectivity index (χ0) is 13.9. The molecule has 1 aliphatic rings. The van der Waals surface area contributed by atoms with E-state index in [0.717, 1.165) is 18.4 Å². The summed E-state index contributed by atoms with van der Waals surface area (Å²) in [6.45, 7) is 2.03. The van der Waals surface area contributed by atoms with Crippen LogP contribution < -0.4 is 11.3 Å². The van der Waals surface area contributed by atoms with Gasteiger partial charge in [0.15, 0.2) is 9.84 Å². The van der Waals surface area contributed by atoms with Gasteiger partial charge in [0.1, 0.15) is 0 Å². The molecule has 1 aromatic carbocycles. The zero-order valence-corrected chi connectivity index (χ0v) is 12.1. The lowest BCUT2D eigenvalue weighted by Crippen LogP contribution is -2.50. The van der Waals surface area contributed by atoms with Crippen LogP contribution in [0.15, 0.2) is 24.3 Å². The molecule has 2 unspecified atom stereocenters. The van der Waals surface area contributed by atoms with Crippen molar-refractivity contribution >= 4 is 9.84 Å². The van der Waals surface area contributed by atoms with E-state index in [4.69, 9.17) is 5.84 Å². The van der Waals surface area contributed by atoms with Gasteiger partial charge in [-0.2, -0.15) is 0 Å². The van der Waals surface area contributed by atoms with Gasteiger partial charge in [-0.1, -0.05) is 36.2 Å². The van der Waals surface area contributed by atoms with Crippen molar-refractivity contribution in [3.05, 3.63) is 35.4 Å². The van der Waals surface area contributed by atoms with Gasteiger partial charge in [-0.15, -0.1) is 0 Å². The molecule has 5 heteroatoms. The van der Waals surface area contributed by atoms with E-state index in [9.17, 15) is 8.42 Å². The van der Waals surface area contributed by atoms with Gasteiger partial charge in [-0.3, -0.25) is 11.3 Å². The van der Waals surface area contributed by atoms with Gasteiger partial charge in [-0.05, 0) is 31.7 Å². The Morgan fingerprint density at radius 2 is 2.21 bits per heavy atom. The van der Waals surface area contributed by atoms with Gasteiger partial charge < -0.3 is 0 Å². The van der Waals surface area contributed by atoms with Gasteiger partial charge >= 0.3 is 0 Å². The number of hydrogen-bond donors (Lipinski definition) is 2. The lowest BCUT2D eigenvalue weighted by atomic mass is 9.99. The third-order valence-electron chi connectivity index (χ3n) is 3.83. The maximum atomic E-state index is 12.1. The topological polar surface area (TPSA) is 72.2 Å². The van der Waals surface area contributed by atoms with Crippen LogP contribution in [-0.2, 0) is 16.3 Å². The van der Waals surface area contributed by atoms with Gasteiger partial charge in [0.05, 0.1) is 11.0 Å². The number of sulfone groups is 1. The highest BCUT2D eigenvalue weighted by Gasteiger charge is 2.34. The van der Waals surface area contributed by atoms with E-state index in [1.54, 1.807) is 0 Å². The maximum absolute atomic E-state index is 12.1. The van der Waals surface area contributed by atoms with Crippen LogP contribution in [0.3, 0.4) is 0 Å². The van der Waals surface area contributed by atoms with E-state index in [2.05, 4.69) is 11.5 Å². The smallest absolute Gasteiger partial charge is 0.154 e. The van der Waals surface area contributed by atoms with E-state index in [1.807, 2.05) is 25.1 Å². The maximum Gasteiger partial charge on any atom is 0.154 e. The zero-order valence-electron chi connectivity index (χ0n) is 11.3. The Hall–Kier alpha value is -0.910. The number of aryl methyl sites for hydroxylation is 1. The summed E-state index contributed by atoms with van der Waals surface area (Å²) in [5, 5.41) is -0.355. The third kappa shape index (κ3) is 3.55. The summed E-state index contributed by atoms with van der Waals surface area (Å²) in [6, 6.07) is 7.93. The molecule has 0 saturated carbocycles. The Kier molecular flexibility index (Phi) is 4.60. The molecule has 1 heterocycles. The summed E-state index contributed by atoms with van der Waals surface area (Å²) in [7, 11) is -3.01. The molecular formula is C14H22N2O2S. The molecule has 4 nitrogen and oxygen atoms in total. The summed E-state index contributed by atoms with van der Waals surface area (Å²) in [5.41, 5.74) is 5.02. The third-order valence-corrected chi connectivity index (χ3v) is 6.17. The van der Waals surface area contributed by atoms with Crippen LogP contribution in [0.4, 0.5) is 0 Å². The predicted molar refractivity (Wildman–Crippen MR) is 77.4 cm³/mol. The van der Waals surface area contributed by atoms with E-state index in [1.165, 1.54) is 5.56 Å². The van der Waals surface area contributed by atoms with Crippen LogP contribution in [-0.4, -0.2) is 25.5 Å². The van der Waals surface area contributed by atoms with Gasteiger partial charge in [0, 0.05) is 6.04 Å². The summed E-state index contributed by atoms with van der Waals surface area (Å²) in [4.78, 5) is 0. The van der Waals surface area contributed by atoms with Crippen LogP contribution in [0.2, 0.25) is 0 Å². The Balaban J connectivity index is 2.16. The SMILES string of the molecule is Cc1cccc(CC(NN)C2CCCCS2(=O)=O)c1. The normalized spacial score (nSPS) is 24.0. The number of nitrogens with one attached hydrogen (secondary N) is 1. The number of hydrogen-bond acceptors (Lipinski definition) is 4. The summed E-state index contributed by atoms with van der Waals surface area (Å²) in [6.07, 6.45) is 3.11. The number of benzene rings is 1. The van der Waals surface area contributed by atoms with Crippen molar-refractivity contribution in [1.29, 1.82) is 0 Å². The molecule has 0 aliphatic carbocycles. The van der Waals surface area contributed by atoms with Crippen LogP contribution in [0.5, 0.6) is 0 Å². The second-order valence-electron chi connectivity index (χ2n) is 5.37. The molecule has 0 bridgehead atoms. The molecule has 2 rings (SSSR count). The molecule has 0 aromatic heterocycles. The van der Waals surface area contributed by atoms with Crippen molar-refractivity contribution in [3.8, 4) is 0 Å². The summed E-state index contributed by atoms with van der Waals surface area (Å²) in [5.74, 6) is 5.89. The number of hydrazine groups is 1. The second-order valence-corrected chi connectivity index (χ2v) is 7.71. The average molecular weight is 282 g/mol. The Labute approximate surface area is 115 Å². The van der Waals surface area contributed by atoms with Crippen molar-refractivity contribution in [3.63, 3.8) is 0 Å². The first-order valence-electron chi connectivity index (χ1n) is 6.76. The molecular weight excluding hydrogens is 260 g/mol. The molecule has 1 aliphatic heterocycles. The molecule has 0 amide bonds. The van der Waals surface area contributed by atoms with E-state index < -0.39 is 9.84 Å². The average Bonchev–Trinajstić information content (AvgIpc) is 2.36. The fourth-order valence-corrected chi connectivity index (χ4v) is 4.93. The highest BCUT2D eigenvalue weighted by atomic mass is 32.2. The van der Waals surface area contributed by atoms with Crippen LogP contribution in [0, 0.1) is 6.92 Å². The largest absolute Gasteiger partial charge is 0.271 e. The fraction of sp³-hybridized carbons (Fsp3) is 0.571. The molecule has 19 heavy (non-hydrogen) atoms. The minimum absolute atomic E-state index is 0.202. The standard InChI is InChI=1S/C14H22N2O2S/c1-11-5-4-6-12(9-11)10-13(16-15)14-7-2-3-8-19(14,17)18/h4-6,9,13-14,16H,2-3,7-8,10,15H2,1H3. The fourth-order valence-electron chi connectivity index (χ4n) is 2.82. The Bertz CT molecular complexity index is 528. The van der Waals surface area contributed by atoms with E-state index in [-0.39, 0.29) is 11.3 Å². The highest BCUT2D eigenvalue weighted by Crippen LogP contribution is 2.24. The number of nitrogens with two attached hydrogens (primary N) is 1. The molecule has 0 spiro atoms. The van der Waals surface area contributed by atoms with E-state index >= 15 is 0 Å². The van der Waals surface area contributed by atoms with Crippen LogP contribution in [0.25, 0.3) is 0 Å². The van der Waals surface area contributed by atoms with Crippen molar-refractivity contribution in [2.45, 2.75) is 43.9 Å². The second kappa shape index (κ2) is 6.03. The molecule has 106 valence electrons. The minimum atomic E-state index is -3.01. The summed E-state index contributed by atoms with van der Waals surface area (Å²) >= 11 is 0. The van der Waals surface area contributed by atoms with Crippen molar-refractivity contribution in [2.75, 3.05) is 5.75 Å². The Morgan fingerprint density at radius 1 is 1.42 bits per heavy atom. The van der Waals surface area contributed by atoms with Gasteiger partial charge in [0.2, 0.25) is 0 Å². The van der Waals surface area contributed by atoms with Crippen LogP contribution >= 0.6 is 0 Å². The molecule has 1 aromatic rings. The van der Waals surface area contributed by atoms with Gasteiger partial charge in [0.25, 0.3) is 0 Å². The monoisotopic (exact) mass is 282 g/mol. The molecule has 1 fully saturated rings. The first-order chi connectivity index (χ1) is 9.03. The van der Waals surface area contributed by atoms with Gasteiger partial charge in [-0.25, -0.2) is 8.42 Å². The van der Waals surface area contributed by atoms with Crippen molar-refractivity contribution < 1.29 is 8.42 Å². The lowest BCUT2D eigenvalue weighted by Gasteiger charge is -2.29. The highest BCUT2D eigenvalue weighted by molar-refractivity contribution is 7.92. The number of rotatable bonds is 4. The minimum Gasteiger partial charge on any atom is -0.271 e. The molecule has 0 radical (unpaired) electrons. The first-order valence-corrected chi connectivity index (χ1v) is 8.48.